The number of azide groups is 4. The molecule has 0 amide bonds. The van der Waals surface area contributed by atoms with E-state index in [2.05, 4.69) is 40.1 Å². The van der Waals surface area contributed by atoms with Crippen LogP contribution in [0.5, 0.6) is 0 Å². The van der Waals surface area contributed by atoms with Crippen LogP contribution < -0.4 is 0 Å². The Bertz CT molecular complexity index is 1020. The number of esters is 2. The van der Waals surface area contributed by atoms with Gasteiger partial charge in [-0.1, -0.05) is 27.4 Å². The molecule has 0 radical (unpaired) electrons. The molecule has 2 rings (SSSR count). The van der Waals surface area contributed by atoms with Crippen molar-refractivity contribution in [3.05, 3.63) is 41.8 Å². The molecule has 10 atom stereocenters. The van der Waals surface area contributed by atoms with Gasteiger partial charge in [0.15, 0.2) is 12.4 Å². The first-order valence-electron chi connectivity index (χ1n) is 10.6. The molecule has 1 saturated carbocycles. The molecule has 194 valence electrons. The van der Waals surface area contributed by atoms with Crippen molar-refractivity contribution in [2.45, 2.75) is 82.2 Å². The minimum Gasteiger partial charge on any atom is -0.458 e. The van der Waals surface area contributed by atoms with Crippen LogP contribution in [-0.2, 0) is 28.5 Å². The Morgan fingerprint density at radius 3 is 2.00 bits per heavy atom. The summed E-state index contributed by atoms with van der Waals surface area (Å²) in [6.07, 6.45) is -8.87. The lowest BCUT2D eigenvalue weighted by Crippen LogP contribution is -2.61. The molecule has 0 N–H and O–H groups in total. The van der Waals surface area contributed by atoms with E-state index >= 15 is 4.39 Å². The highest BCUT2D eigenvalue weighted by atomic mass is 19.1. The Hall–Kier alpha value is -3.97. The van der Waals surface area contributed by atoms with Crippen LogP contribution in [-0.4, -0.2) is 73.5 Å². The van der Waals surface area contributed by atoms with Crippen molar-refractivity contribution in [2.75, 3.05) is 6.54 Å². The Kier molecular flexibility index (Phi) is 10.4. The van der Waals surface area contributed by atoms with E-state index in [9.17, 15) is 9.59 Å². The van der Waals surface area contributed by atoms with Gasteiger partial charge in [0, 0.05) is 39.4 Å². The molecule has 1 heterocycles. The van der Waals surface area contributed by atoms with Gasteiger partial charge in [-0.2, -0.15) is 0 Å². The Labute approximate surface area is 202 Å². The molecular weight excluding hydrogens is 487 g/mol. The number of carbonyl (C=O) groups is 2. The summed E-state index contributed by atoms with van der Waals surface area (Å²) in [6, 6.07) is -3.82. The SMILES string of the molecule is CC(=O)O[C@@H]1[C@@H](OC(C)=O)[C@H](N=[N+]=[N-])C[C@H](N=[N+]=[N-])[C@H]1O[C@H]1O[C@H](CN=[N+]=[N-])[C@@H](C)[C@@H](F)[C@H]1N=[N+]=[N-]. The lowest BCUT2D eigenvalue weighted by molar-refractivity contribution is -0.274. The number of halogens is 1. The fourth-order valence-corrected chi connectivity index (χ4v) is 4.14. The van der Waals surface area contributed by atoms with E-state index in [1.165, 1.54) is 6.92 Å². The molecule has 1 aliphatic carbocycles. The number of nitrogens with zero attached hydrogens (tertiary/aromatic N) is 12. The predicted octanol–water partition coefficient (Wildman–Crippen LogP) is 3.68. The third-order valence-corrected chi connectivity index (χ3v) is 5.70. The van der Waals surface area contributed by atoms with Crippen LogP contribution in [0.4, 0.5) is 4.39 Å². The number of rotatable bonds is 9. The quantitative estimate of drug-likeness (QED) is 0.193. The van der Waals surface area contributed by atoms with Gasteiger partial charge >= 0.3 is 11.9 Å². The molecule has 18 nitrogen and oxygen atoms in total. The van der Waals surface area contributed by atoms with Gasteiger partial charge in [0.05, 0.1) is 24.7 Å². The third-order valence-electron chi connectivity index (χ3n) is 5.70. The van der Waals surface area contributed by atoms with Crippen LogP contribution in [0.2, 0.25) is 0 Å². The minimum absolute atomic E-state index is 0.203. The number of carbonyl (C=O) groups excluding carboxylic acids is 2. The number of hydrogen-bond donors (Lipinski definition) is 0. The largest absolute Gasteiger partial charge is 0.458 e. The minimum atomic E-state index is -1.80. The Balaban J connectivity index is 2.55. The van der Waals surface area contributed by atoms with E-state index in [-0.39, 0.29) is 13.0 Å². The molecule has 0 bridgehead atoms. The number of ether oxygens (including phenoxy) is 4. The van der Waals surface area contributed by atoms with E-state index in [0.29, 0.717) is 0 Å². The summed E-state index contributed by atoms with van der Waals surface area (Å²) in [5, 5.41) is 14.0. The monoisotopic (exact) mass is 510 g/mol. The van der Waals surface area contributed by atoms with Crippen molar-refractivity contribution in [3.8, 4) is 0 Å². The molecule has 1 saturated heterocycles. The van der Waals surface area contributed by atoms with Crippen LogP contribution in [0.1, 0.15) is 27.2 Å². The second-order valence-corrected chi connectivity index (χ2v) is 7.98. The molecule has 1 aliphatic heterocycles. The Morgan fingerprint density at radius 2 is 1.47 bits per heavy atom. The summed E-state index contributed by atoms with van der Waals surface area (Å²) in [4.78, 5) is 34.4. The van der Waals surface area contributed by atoms with Gasteiger partial charge in [0.2, 0.25) is 0 Å². The fourth-order valence-electron chi connectivity index (χ4n) is 4.14. The first-order valence-corrected chi connectivity index (χ1v) is 10.6. The van der Waals surface area contributed by atoms with E-state index in [1.807, 2.05) is 0 Å². The molecule has 0 spiro atoms. The van der Waals surface area contributed by atoms with Gasteiger partial charge in [-0.05, 0) is 28.5 Å². The van der Waals surface area contributed by atoms with Gasteiger partial charge in [-0.25, -0.2) is 4.39 Å². The number of hydrogen-bond acceptors (Lipinski definition) is 10. The van der Waals surface area contributed by atoms with Crippen LogP contribution >= 0.6 is 0 Å². The van der Waals surface area contributed by atoms with Crippen LogP contribution in [0.15, 0.2) is 20.5 Å². The smallest absolute Gasteiger partial charge is 0.303 e. The number of alkyl halides is 1. The van der Waals surface area contributed by atoms with E-state index in [0.717, 1.165) is 13.8 Å². The van der Waals surface area contributed by atoms with Crippen molar-refractivity contribution in [1.82, 2.24) is 0 Å². The molecule has 0 aromatic heterocycles. The Morgan fingerprint density at radius 1 is 0.917 bits per heavy atom. The summed E-state index contributed by atoms with van der Waals surface area (Å²) in [5.74, 6) is -2.51. The zero-order valence-corrected chi connectivity index (χ0v) is 19.4. The van der Waals surface area contributed by atoms with Crippen molar-refractivity contribution in [1.29, 1.82) is 0 Å². The highest BCUT2D eigenvalue weighted by Gasteiger charge is 2.52. The van der Waals surface area contributed by atoms with Gasteiger partial charge in [-0.15, -0.1) is 0 Å². The molecule has 0 aromatic carbocycles. The average Bonchev–Trinajstić information content (AvgIpc) is 2.81. The van der Waals surface area contributed by atoms with Gasteiger partial charge < -0.3 is 18.9 Å². The van der Waals surface area contributed by atoms with Crippen molar-refractivity contribution < 1.29 is 32.9 Å². The molecule has 36 heavy (non-hydrogen) atoms. The average molecular weight is 510 g/mol. The van der Waals surface area contributed by atoms with Gasteiger partial charge in [0.1, 0.15) is 24.4 Å². The van der Waals surface area contributed by atoms with E-state index in [4.69, 9.17) is 41.1 Å². The maximum atomic E-state index is 15.2. The lowest BCUT2D eigenvalue weighted by Gasteiger charge is -2.46. The molecule has 0 unspecified atom stereocenters. The summed E-state index contributed by atoms with van der Waals surface area (Å²) in [5.41, 5.74) is 35.7. The van der Waals surface area contributed by atoms with Crippen molar-refractivity contribution in [3.63, 3.8) is 0 Å². The summed E-state index contributed by atoms with van der Waals surface area (Å²) in [6.45, 7) is 3.32. The summed E-state index contributed by atoms with van der Waals surface area (Å²) < 4.78 is 37.5. The molecule has 0 aromatic rings. The van der Waals surface area contributed by atoms with Crippen LogP contribution in [0.3, 0.4) is 0 Å². The fraction of sp³-hybridized carbons (Fsp3) is 0.882. The van der Waals surface area contributed by atoms with Crippen molar-refractivity contribution >= 4 is 11.9 Å². The topological polar surface area (TPSA) is 266 Å². The summed E-state index contributed by atoms with van der Waals surface area (Å²) >= 11 is 0. The first-order chi connectivity index (χ1) is 17.2. The third kappa shape index (κ3) is 6.79. The highest BCUT2D eigenvalue weighted by Crippen LogP contribution is 2.37. The molecular formula is C17H23FN12O6. The van der Waals surface area contributed by atoms with Crippen molar-refractivity contribution in [2.24, 2.45) is 26.4 Å². The zero-order valence-electron chi connectivity index (χ0n) is 19.4. The molecule has 19 heteroatoms. The zero-order chi connectivity index (χ0) is 26.8. The lowest BCUT2D eigenvalue weighted by atomic mass is 9.83. The first kappa shape index (κ1) is 28.3. The second-order valence-electron chi connectivity index (χ2n) is 7.98. The van der Waals surface area contributed by atoms with E-state index < -0.39 is 72.9 Å². The summed E-state index contributed by atoms with van der Waals surface area (Å²) in [7, 11) is 0. The molecule has 2 aliphatic rings. The van der Waals surface area contributed by atoms with Gasteiger partial charge in [0.25, 0.3) is 0 Å². The maximum Gasteiger partial charge on any atom is 0.303 e. The van der Waals surface area contributed by atoms with E-state index in [1.54, 1.807) is 0 Å². The van der Waals surface area contributed by atoms with Crippen LogP contribution in [0.25, 0.3) is 41.8 Å². The maximum absolute atomic E-state index is 15.2. The van der Waals surface area contributed by atoms with Crippen LogP contribution in [0, 0.1) is 5.92 Å². The highest BCUT2D eigenvalue weighted by molar-refractivity contribution is 5.67. The standard InChI is InChI=1S/C17H23FN12O6/c1-6-11(5-23-27-19)35-17(13(12(6)18)26-30-22)36-15-10(25-29-21)4-9(24-28-20)14(33-7(2)31)16(15)34-8(3)32/h6,9-17H,4-5H2,1-3H3/t6-,9-,10+,11-,12-,13-,14+,15-,16-,17-/m1/s1. The molecule has 2 fully saturated rings. The predicted molar refractivity (Wildman–Crippen MR) is 116 cm³/mol. The normalized spacial score (nSPS) is 35.4. The van der Waals surface area contributed by atoms with Gasteiger partial charge in [-0.3, -0.25) is 9.59 Å². The second kappa shape index (κ2) is 13.2.